The summed E-state index contributed by atoms with van der Waals surface area (Å²) in [5.41, 5.74) is 0. The van der Waals surface area contributed by atoms with Gasteiger partial charge in [-0.2, -0.15) is 0 Å². The van der Waals surface area contributed by atoms with Gasteiger partial charge in [-0.25, -0.2) is 0 Å². The molecule has 5 unspecified atom stereocenters. The van der Waals surface area contributed by atoms with E-state index in [1.807, 2.05) is 0 Å². The minimum atomic E-state index is -1.11. The fourth-order valence-electron chi connectivity index (χ4n) is 2.19. The Kier molecular flexibility index (Phi) is 7.65. The topological polar surface area (TPSA) is 114 Å². The van der Waals surface area contributed by atoms with Gasteiger partial charge in [-0.3, -0.25) is 0 Å². The molecule has 0 aromatic heterocycles. The molecule has 1 aliphatic rings. The number of carbonyl (C=O) groups is 4. The summed E-state index contributed by atoms with van der Waals surface area (Å²) >= 11 is 2.66. The third-order valence-electron chi connectivity index (χ3n) is 2.95. The molecule has 24 heavy (non-hydrogen) atoms. The second-order valence-electron chi connectivity index (χ2n) is 5.07. The molecule has 1 aliphatic heterocycles. The van der Waals surface area contributed by atoms with Crippen molar-refractivity contribution in [3.8, 4) is 0 Å². The SMILES string of the molecule is CC(=O)OCC1OC([Se-])C(OC(C)=O)C(OC(C)=O)C1OC(C)=O. The molecule has 0 amide bonds. The predicted octanol–water partition coefficient (Wildman–Crippen LogP) is -0.762. The summed E-state index contributed by atoms with van der Waals surface area (Å²) in [5, 5.41) is -0.800. The van der Waals surface area contributed by atoms with Crippen molar-refractivity contribution in [2.24, 2.45) is 0 Å². The molecule has 0 N–H and O–H groups in total. The molecule has 0 aromatic carbocycles. The second kappa shape index (κ2) is 9.00. The zero-order valence-corrected chi connectivity index (χ0v) is 15.4. The van der Waals surface area contributed by atoms with Gasteiger partial charge < -0.3 is 0 Å². The van der Waals surface area contributed by atoms with E-state index in [-0.39, 0.29) is 6.61 Å². The molecule has 0 radical (unpaired) electrons. The third-order valence-corrected chi connectivity index (χ3v) is 3.74. The molecule has 0 spiro atoms. The van der Waals surface area contributed by atoms with Crippen molar-refractivity contribution < 1.29 is 42.9 Å². The van der Waals surface area contributed by atoms with Crippen LogP contribution in [0.2, 0.25) is 0 Å². The van der Waals surface area contributed by atoms with E-state index in [2.05, 4.69) is 16.0 Å². The summed E-state index contributed by atoms with van der Waals surface area (Å²) in [6, 6.07) is 0. The van der Waals surface area contributed by atoms with Crippen molar-refractivity contribution in [3.05, 3.63) is 0 Å². The third kappa shape index (κ3) is 6.10. The van der Waals surface area contributed by atoms with Gasteiger partial charge >= 0.3 is 146 Å². The van der Waals surface area contributed by atoms with Crippen LogP contribution in [0, 0.1) is 0 Å². The van der Waals surface area contributed by atoms with Gasteiger partial charge in [-0.15, -0.1) is 0 Å². The summed E-state index contributed by atoms with van der Waals surface area (Å²) in [4.78, 5) is 45.1. The molecule has 0 aliphatic carbocycles. The Morgan fingerprint density at radius 3 is 1.71 bits per heavy atom. The number of carbonyl (C=O) groups excluding carboxylic acids is 4. The van der Waals surface area contributed by atoms with E-state index in [4.69, 9.17) is 23.7 Å². The molecule has 1 fully saturated rings. The van der Waals surface area contributed by atoms with Crippen LogP contribution in [0.25, 0.3) is 0 Å². The van der Waals surface area contributed by atoms with Gasteiger partial charge in [0.1, 0.15) is 0 Å². The Morgan fingerprint density at radius 1 is 0.792 bits per heavy atom. The van der Waals surface area contributed by atoms with Gasteiger partial charge in [0.05, 0.1) is 0 Å². The monoisotopic (exact) mass is 411 g/mol. The Balaban J connectivity index is 3.11. The van der Waals surface area contributed by atoms with Crippen LogP contribution in [0.15, 0.2) is 0 Å². The van der Waals surface area contributed by atoms with Gasteiger partial charge in [0, 0.05) is 0 Å². The molecular formula is C14H19O9Se-. The average Bonchev–Trinajstić information content (AvgIpc) is 2.42. The number of hydrogen-bond donors (Lipinski definition) is 0. The van der Waals surface area contributed by atoms with Crippen LogP contribution >= 0.6 is 0 Å². The van der Waals surface area contributed by atoms with Crippen LogP contribution in [0.3, 0.4) is 0 Å². The molecule has 136 valence electrons. The van der Waals surface area contributed by atoms with E-state index in [0.29, 0.717) is 0 Å². The van der Waals surface area contributed by atoms with Crippen LogP contribution in [0.5, 0.6) is 0 Å². The Morgan fingerprint density at radius 2 is 1.25 bits per heavy atom. The zero-order chi connectivity index (χ0) is 18.4. The quantitative estimate of drug-likeness (QED) is 0.328. The molecule has 5 atom stereocenters. The van der Waals surface area contributed by atoms with E-state index in [1.165, 1.54) is 27.7 Å². The van der Waals surface area contributed by atoms with Crippen molar-refractivity contribution >= 4 is 39.9 Å². The number of esters is 4. The number of ether oxygens (including phenoxy) is 5. The molecule has 9 nitrogen and oxygen atoms in total. The summed E-state index contributed by atoms with van der Waals surface area (Å²) in [7, 11) is 0. The second-order valence-corrected chi connectivity index (χ2v) is 6.04. The zero-order valence-electron chi connectivity index (χ0n) is 13.7. The molecule has 0 saturated carbocycles. The van der Waals surface area contributed by atoms with Crippen molar-refractivity contribution in [2.75, 3.05) is 6.61 Å². The van der Waals surface area contributed by atoms with Crippen LogP contribution < -0.4 is 0 Å². The van der Waals surface area contributed by atoms with Gasteiger partial charge in [-0.1, -0.05) is 0 Å². The van der Waals surface area contributed by atoms with Gasteiger partial charge in [0.15, 0.2) is 0 Å². The molecule has 1 heterocycles. The molecule has 0 bridgehead atoms. The Bertz CT molecular complexity index is 506. The summed E-state index contributed by atoms with van der Waals surface area (Å²) in [5.74, 6) is -2.49. The normalized spacial score (nSPS) is 29.3. The minimum absolute atomic E-state index is 0.226. The molecule has 0 aromatic rings. The molecule has 1 rings (SSSR count). The first-order chi connectivity index (χ1) is 11.1. The van der Waals surface area contributed by atoms with Gasteiger partial charge in [0.2, 0.25) is 0 Å². The van der Waals surface area contributed by atoms with E-state index < -0.39 is 53.3 Å². The number of rotatable bonds is 5. The van der Waals surface area contributed by atoms with Crippen LogP contribution in [0.4, 0.5) is 0 Å². The maximum absolute atomic E-state index is 11.4. The van der Waals surface area contributed by atoms with Crippen molar-refractivity contribution in [1.29, 1.82) is 0 Å². The summed E-state index contributed by atoms with van der Waals surface area (Å²) in [6.45, 7) is 4.50. The first-order valence-corrected chi connectivity index (χ1v) is 8.07. The van der Waals surface area contributed by atoms with Crippen LogP contribution in [0.1, 0.15) is 27.7 Å². The molecule has 10 heteroatoms. The van der Waals surface area contributed by atoms with Gasteiger partial charge in [0.25, 0.3) is 0 Å². The first kappa shape index (κ1) is 20.4. The number of hydrogen-bond acceptors (Lipinski definition) is 9. The van der Waals surface area contributed by atoms with Gasteiger partial charge in [-0.05, 0) is 0 Å². The van der Waals surface area contributed by atoms with Crippen molar-refractivity contribution in [2.45, 2.75) is 57.1 Å². The molecule has 1 saturated heterocycles. The fourth-order valence-corrected chi connectivity index (χ4v) is 2.93. The predicted molar refractivity (Wildman–Crippen MR) is 77.7 cm³/mol. The van der Waals surface area contributed by atoms with Crippen molar-refractivity contribution in [3.63, 3.8) is 0 Å². The Labute approximate surface area is 147 Å². The average molecular weight is 410 g/mol. The van der Waals surface area contributed by atoms with E-state index in [9.17, 15) is 19.2 Å². The van der Waals surface area contributed by atoms with Crippen molar-refractivity contribution in [1.82, 2.24) is 0 Å². The van der Waals surface area contributed by atoms with E-state index in [0.717, 1.165) is 0 Å². The maximum atomic E-state index is 11.4. The molecular weight excluding hydrogens is 391 g/mol. The first-order valence-electron chi connectivity index (χ1n) is 7.08. The van der Waals surface area contributed by atoms with E-state index in [1.54, 1.807) is 0 Å². The van der Waals surface area contributed by atoms with Crippen LogP contribution in [-0.4, -0.2) is 75.9 Å². The summed E-state index contributed by atoms with van der Waals surface area (Å²) < 4.78 is 26.0. The Hall–Kier alpha value is -1.64. The van der Waals surface area contributed by atoms with E-state index >= 15 is 0 Å². The summed E-state index contributed by atoms with van der Waals surface area (Å²) in [6.07, 6.45) is -4.15. The fraction of sp³-hybridized carbons (Fsp3) is 0.714. The standard InChI is InChI=1S/C14H20O9Se/c1-6(15)19-5-10-11(20-7(2)16)12(21-8(3)17)13(14(24)23-10)22-9(4)18/h10-14,24H,5H2,1-4H3/p-1. The van der Waals surface area contributed by atoms with Crippen LogP contribution in [-0.2, 0) is 42.9 Å².